The van der Waals surface area contributed by atoms with Gasteiger partial charge in [0.2, 0.25) is 0 Å². The van der Waals surface area contributed by atoms with Gasteiger partial charge < -0.3 is 19.6 Å². The molecule has 2 aromatic rings. The number of carbonyl (C=O) groups is 2. The predicted molar refractivity (Wildman–Crippen MR) is 120 cm³/mol. The molecule has 0 atom stereocenters. The van der Waals surface area contributed by atoms with Crippen molar-refractivity contribution in [2.24, 2.45) is 0 Å². The molecule has 13 heteroatoms. The van der Waals surface area contributed by atoms with Crippen LogP contribution in [0.15, 0.2) is 32.5 Å². The summed E-state index contributed by atoms with van der Waals surface area (Å²) in [5.74, 6) is -0.0155. The average Bonchev–Trinajstić information content (AvgIpc) is 2.93. The summed E-state index contributed by atoms with van der Waals surface area (Å²) in [4.78, 5) is 28.4. The fourth-order valence-corrected chi connectivity index (χ4v) is 4.92. The van der Waals surface area contributed by atoms with Gasteiger partial charge in [0.15, 0.2) is 25.4 Å². The van der Waals surface area contributed by atoms with Gasteiger partial charge in [-0.2, -0.15) is 0 Å². The molecule has 0 aliphatic carbocycles. The number of anilines is 1. The lowest BCUT2D eigenvalue weighted by Crippen LogP contribution is -2.39. The molecule has 1 aliphatic heterocycles. The molecule has 0 unspecified atom stereocenters. The van der Waals surface area contributed by atoms with Crippen LogP contribution in [-0.4, -0.2) is 82.4 Å². The second kappa shape index (κ2) is 9.14. The number of carbonyl (C=O) groups excluding carboxylic acids is 2. The number of sulfone groups is 2. The first-order valence-corrected chi connectivity index (χ1v) is 13.9. The molecular weight excluding hydrogens is 472 g/mol. The average molecular weight is 499 g/mol. The molecule has 1 fully saturated rings. The SMILES string of the molecule is Cc1noc(C)c1NC(=O)N1CCCN(C(=O)c2cc(S(C)(=O)=O)cc(S(C)(=O)=O)c2)CC1. The van der Waals surface area contributed by atoms with Gasteiger partial charge in [-0.05, 0) is 38.5 Å². The number of nitrogens with one attached hydrogen (secondary N) is 1. The minimum Gasteiger partial charge on any atom is -0.359 e. The van der Waals surface area contributed by atoms with Gasteiger partial charge in [-0.3, -0.25) is 4.79 Å². The molecule has 1 aromatic heterocycles. The normalized spacial score (nSPS) is 15.3. The van der Waals surface area contributed by atoms with Crippen LogP contribution in [-0.2, 0) is 19.7 Å². The smallest absolute Gasteiger partial charge is 0.322 e. The van der Waals surface area contributed by atoms with Gasteiger partial charge >= 0.3 is 6.03 Å². The van der Waals surface area contributed by atoms with Crippen LogP contribution in [0.1, 0.15) is 28.2 Å². The first-order valence-electron chi connectivity index (χ1n) is 10.1. The lowest BCUT2D eigenvalue weighted by atomic mass is 10.2. The minimum atomic E-state index is -3.74. The Labute approximate surface area is 192 Å². The van der Waals surface area contributed by atoms with E-state index in [1.54, 1.807) is 18.7 Å². The lowest BCUT2D eigenvalue weighted by Gasteiger charge is -2.23. The van der Waals surface area contributed by atoms with Crippen LogP contribution in [0.5, 0.6) is 0 Å². The number of urea groups is 1. The van der Waals surface area contributed by atoms with E-state index < -0.39 is 25.6 Å². The second-order valence-electron chi connectivity index (χ2n) is 8.00. The molecule has 0 spiro atoms. The van der Waals surface area contributed by atoms with Crippen molar-refractivity contribution in [1.29, 1.82) is 0 Å². The van der Waals surface area contributed by atoms with Gasteiger partial charge in [0.05, 0.1) is 9.79 Å². The van der Waals surface area contributed by atoms with Crippen LogP contribution in [0.4, 0.5) is 10.5 Å². The Hall–Kier alpha value is -2.93. The van der Waals surface area contributed by atoms with Crippen molar-refractivity contribution in [3.05, 3.63) is 35.2 Å². The van der Waals surface area contributed by atoms with Crippen molar-refractivity contribution in [2.45, 2.75) is 30.1 Å². The summed E-state index contributed by atoms with van der Waals surface area (Å²) in [6.07, 6.45) is 2.39. The number of amides is 3. The molecule has 1 aliphatic rings. The number of aromatic nitrogens is 1. The first kappa shape index (κ1) is 24.7. The monoisotopic (exact) mass is 498 g/mol. The number of hydrogen-bond acceptors (Lipinski definition) is 8. The number of nitrogens with zero attached hydrogens (tertiary/aromatic N) is 3. The molecule has 0 bridgehead atoms. The Morgan fingerprint density at radius 2 is 1.45 bits per heavy atom. The van der Waals surface area contributed by atoms with E-state index in [9.17, 15) is 26.4 Å². The van der Waals surface area contributed by atoms with Gasteiger partial charge in [-0.1, -0.05) is 5.16 Å². The van der Waals surface area contributed by atoms with E-state index >= 15 is 0 Å². The molecule has 3 amide bonds. The Bertz CT molecular complexity index is 1230. The van der Waals surface area contributed by atoms with Gasteiger partial charge in [0.1, 0.15) is 11.4 Å². The van der Waals surface area contributed by atoms with E-state index in [2.05, 4.69) is 10.5 Å². The molecule has 180 valence electrons. The molecule has 2 heterocycles. The Balaban J connectivity index is 1.79. The van der Waals surface area contributed by atoms with Crippen LogP contribution in [0.2, 0.25) is 0 Å². The molecule has 1 saturated heterocycles. The highest BCUT2D eigenvalue weighted by molar-refractivity contribution is 7.91. The summed E-state index contributed by atoms with van der Waals surface area (Å²) < 4.78 is 53.2. The lowest BCUT2D eigenvalue weighted by molar-refractivity contribution is 0.0762. The Morgan fingerprint density at radius 1 is 0.909 bits per heavy atom. The summed E-state index contributed by atoms with van der Waals surface area (Å²) in [5.41, 5.74) is 1.02. The third kappa shape index (κ3) is 5.71. The molecule has 1 N–H and O–H groups in total. The fourth-order valence-electron chi connectivity index (χ4n) is 3.48. The van der Waals surface area contributed by atoms with E-state index in [1.807, 2.05) is 0 Å². The Morgan fingerprint density at radius 3 is 1.97 bits per heavy atom. The number of aryl methyl sites for hydroxylation is 2. The van der Waals surface area contributed by atoms with Crippen molar-refractivity contribution in [1.82, 2.24) is 15.0 Å². The third-order valence-corrected chi connectivity index (χ3v) is 7.50. The molecule has 11 nitrogen and oxygen atoms in total. The maximum atomic E-state index is 13.1. The third-order valence-electron chi connectivity index (χ3n) is 5.32. The Kier molecular flexibility index (Phi) is 6.84. The van der Waals surface area contributed by atoms with Crippen LogP contribution in [0.3, 0.4) is 0 Å². The number of benzene rings is 1. The van der Waals surface area contributed by atoms with Crippen molar-refractivity contribution in [3.8, 4) is 0 Å². The maximum Gasteiger partial charge on any atom is 0.322 e. The molecular formula is C20H26N4O7S2. The van der Waals surface area contributed by atoms with E-state index in [0.717, 1.165) is 18.6 Å². The van der Waals surface area contributed by atoms with Gasteiger partial charge in [0.25, 0.3) is 5.91 Å². The zero-order valence-corrected chi connectivity index (χ0v) is 20.4. The van der Waals surface area contributed by atoms with E-state index in [1.165, 1.54) is 17.0 Å². The molecule has 33 heavy (non-hydrogen) atoms. The largest absolute Gasteiger partial charge is 0.359 e. The summed E-state index contributed by atoms with van der Waals surface area (Å²) >= 11 is 0. The first-order chi connectivity index (χ1) is 15.3. The fraction of sp³-hybridized carbons (Fsp3) is 0.450. The van der Waals surface area contributed by atoms with Gasteiger partial charge in [-0.15, -0.1) is 0 Å². The number of hydrogen-bond donors (Lipinski definition) is 1. The second-order valence-corrected chi connectivity index (χ2v) is 12.0. The van der Waals surface area contributed by atoms with Crippen molar-refractivity contribution >= 4 is 37.3 Å². The zero-order valence-electron chi connectivity index (χ0n) is 18.8. The van der Waals surface area contributed by atoms with Crippen molar-refractivity contribution in [3.63, 3.8) is 0 Å². The van der Waals surface area contributed by atoms with Crippen LogP contribution in [0, 0.1) is 13.8 Å². The molecule has 0 radical (unpaired) electrons. The summed E-state index contributed by atoms with van der Waals surface area (Å²) in [6.45, 7) is 4.57. The summed E-state index contributed by atoms with van der Waals surface area (Å²) in [7, 11) is -7.48. The quantitative estimate of drug-likeness (QED) is 0.667. The van der Waals surface area contributed by atoms with E-state index in [-0.39, 0.29) is 34.5 Å². The highest BCUT2D eigenvalue weighted by Crippen LogP contribution is 2.22. The molecule has 3 rings (SSSR count). The predicted octanol–water partition coefficient (Wildman–Crippen LogP) is 1.48. The van der Waals surface area contributed by atoms with Crippen molar-refractivity contribution in [2.75, 3.05) is 44.0 Å². The van der Waals surface area contributed by atoms with Crippen LogP contribution < -0.4 is 5.32 Å². The molecule has 0 saturated carbocycles. The van der Waals surface area contributed by atoms with Gasteiger partial charge in [0, 0.05) is 44.3 Å². The van der Waals surface area contributed by atoms with Crippen molar-refractivity contribution < 1.29 is 30.9 Å². The van der Waals surface area contributed by atoms with E-state index in [4.69, 9.17) is 4.52 Å². The van der Waals surface area contributed by atoms with E-state index in [0.29, 0.717) is 36.7 Å². The van der Waals surface area contributed by atoms with Crippen LogP contribution >= 0.6 is 0 Å². The minimum absolute atomic E-state index is 0.0352. The zero-order chi connectivity index (χ0) is 24.6. The topological polar surface area (TPSA) is 147 Å². The standard InChI is InChI=1S/C20H26N4O7S2/c1-13-18(14(2)31-22-13)21-20(26)24-7-5-6-23(8-9-24)19(25)15-10-16(32(3,27)28)12-17(11-15)33(4,29)30/h10-12H,5-9H2,1-4H3,(H,21,26). The van der Waals surface area contributed by atoms with Gasteiger partial charge in [-0.25, -0.2) is 21.6 Å². The van der Waals surface area contributed by atoms with Crippen LogP contribution in [0.25, 0.3) is 0 Å². The highest BCUT2D eigenvalue weighted by atomic mass is 32.2. The number of rotatable bonds is 4. The summed E-state index contributed by atoms with van der Waals surface area (Å²) in [6, 6.07) is 3.06. The maximum absolute atomic E-state index is 13.1. The summed E-state index contributed by atoms with van der Waals surface area (Å²) in [5, 5.41) is 6.58. The molecule has 1 aromatic carbocycles. The highest BCUT2D eigenvalue weighted by Gasteiger charge is 2.26.